The highest BCUT2D eigenvalue weighted by Crippen LogP contribution is 2.20. The van der Waals surface area contributed by atoms with E-state index in [9.17, 15) is 22.8 Å². The highest BCUT2D eigenvalue weighted by atomic mass is 19.4. The number of urea groups is 1. The third kappa shape index (κ3) is 8.40. The molecule has 1 aliphatic rings. The summed E-state index contributed by atoms with van der Waals surface area (Å²) in [5.41, 5.74) is 0.335. The van der Waals surface area contributed by atoms with E-state index in [0.29, 0.717) is 38.0 Å². The Balaban J connectivity index is 2.47. The Hall–Kier alpha value is -1.99. The van der Waals surface area contributed by atoms with Crippen LogP contribution in [-0.2, 0) is 4.79 Å². The maximum Gasteiger partial charge on any atom is 0.392 e. The molecule has 0 radical (unpaired) electrons. The van der Waals surface area contributed by atoms with Crippen molar-refractivity contribution in [1.82, 2.24) is 15.5 Å². The Labute approximate surface area is 152 Å². The van der Waals surface area contributed by atoms with Crippen LogP contribution in [0, 0.1) is 5.92 Å². The van der Waals surface area contributed by atoms with Gasteiger partial charge in [-0.2, -0.15) is 13.2 Å². The molecule has 2 N–H and O–H groups in total. The molecule has 1 saturated heterocycles. The van der Waals surface area contributed by atoms with Crippen molar-refractivity contribution >= 4 is 11.9 Å². The van der Waals surface area contributed by atoms with Crippen molar-refractivity contribution in [2.45, 2.75) is 58.7 Å². The summed E-state index contributed by atoms with van der Waals surface area (Å²) in [6.45, 7) is 6.72. The maximum atomic E-state index is 12.2. The number of hydrogen-bond donors (Lipinski definition) is 2. The molecule has 0 aromatic carbocycles. The Morgan fingerprint density at radius 1 is 1.23 bits per heavy atom. The normalized spacial score (nSPS) is 17.0. The van der Waals surface area contributed by atoms with Crippen molar-refractivity contribution in [3.63, 3.8) is 0 Å². The number of carbonyl (C=O) groups is 2. The van der Waals surface area contributed by atoms with E-state index in [4.69, 9.17) is 0 Å². The van der Waals surface area contributed by atoms with Gasteiger partial charge in [0.1, 0.15) is 0 Å². The number of carbonyl (C=O) groups excluding carboxylic acids is 2. The summed E-state index contributed by atoms with van der Waals surface area (Å²) in [6.07, 6.45) is 0.485. The highest BCUT2D eigenvalue weighted by Gasteiger charge is 2.26. The zero-order chi connectivity index (χ0) is 19.7. The molecule has 0 aromatic heterocycles. The van der Waals surface area contributed by atoms with Crippen LogP contribution >= 0.6 is 0 Å². The van der Waals surface area contributed by atoms with E-state index in [0.717, 1.165) is 6.08 Å². The second-order valence-electron chi connectivity index (χ2n) is 6.64. The van der Waals surface area contributed by atoms with Crippen LogP contribution < -0.4 is 10.6 Å². The predicted octanol–water partition coefficient (Wildman–Crippen LogP) is 3.74. The van der Waals surface area contributed by atoms with Gasteiger partial charge in [0, 0.05) is 30.7 Å². The van der Waals surface area contributed by atoms with E-state index in [1.807, 2.05) is 20.8 Å². The summed E-state index contributed by atoms with van der Waals surface area (Å²) in [4.78, 5) is 25.8. The zero-order valence-corrected chi connectivity index (χ0v) is 15.5. The number of nitrogens with zero attached hydrogens (tertiary/aromatic N) is 1. The molecule has 1 aliphatic heterocycles. The standard InChI is InChI=1S/C18H28F3N3O2/c1-4-6-14(7-5-10-18(19,20)21)22-17(26)23-15-8-11-24(12-9-15)16(25)13(2)3/h5-7,13,15H,4,8-12H2,1-3H3,(H2,22,23,26)/b7-5-,14-6+. The molecule has 5 nitrogen and oxygen atoms in total. The van der Waals surface area contributed by atoms with Gasteiger partial charge in [0.15, 0.2) is 0 Å². The summed E-state index contributed by atoms with van der Waals surface area (Å²) in [6, 6.07) is -0.511. The van der Waals surface area contributed by atoms with Gasteiger partial charge in [-0.1, -0.05) is 32.9 Å². The lowest BCUT2D eigenvalue weighted by Crippen LogP contribution is -2.49. The third-order valence-corrected chi connectivity index (χ3v) is 3.96. The number of rotatable bonds is 6. The van der Waals surface area contributed by atoms with E-state index < -0.39 is 18.6 Å². The van der Waals surface area contributed by atoms with Crippen LogP contribution in [0.2, 0.25) is 0 Å². The van der Waals surface area contributed by atoms with E-state index in [1.165, 1.54) is 6.08 Å². The van der Waals surface area contributed by atoms with Gasteiger partial charge in [0.25, 0.3) is 0 Å². The van der Waals surface area contributed by atoms with E-state index in [2.05, 4.69) is 10.6 Å². The molecule has 0 aromatic rings. The molecule has 0 saturated carbocycles. The first kappa shape index (κ1) is 22.1. The van der Waals surface area contributed by atoms with Crippen molar-refractivity contribution in [1.29, 1.82) is 0 Å². The SMILES string of the molecule is CC/C=C(\C=C/CC(F)(F)F)NC(=O)NC1CCN(C(=O)C(C)C)CC1. The van der Waals surface area contributed by atoms with Gasteiger partial charge in [-0.25, -0.2) is 4.79 Å². The molecular formula is C18H28F3N3O2. The molecule has 1 fully saturated rings. The Morgan fingerprint density at radius 3 is 2.35 bits per heavy atom. The molecule has 8 heteroatoms. The lowest BCUT2D eigenvalue weighted by molar-refractivity contribution is -0.135. The summed E-state index contributed by atoms with van der Waals surface area (Å²) in [5, 5.41) is 5.40. The first-order valence-corrected chi connectivity index (χ1v) is 8.92. The summed E-state index contributed by atoms with van der Waals surface area (Å²) < 4.78 is 36.6. The fourth-order valence-corrected chi connectivity index (χ4v) is 2.66. The van der Waals surface area contributed by atoms with Crippen molar-refractivity contribution in [3.05, 3.63) is 23.9 Å². The molecule has 1 rings (SSSR count). The number of likely N-dealkylation sites (tertiary alicyclic amines) is 1. The molecule has 0 aliphatic carbocycles. The van der Waals surface area contributed by atoms with Gasteiger partial charge in [0.05, 0.1) is 6.42 Å². The van der Waals surface area contributed by atoms with Crippen LogP contribution in [0.25, 0.3) is 0 Å². The monoisotopic (exact) mass is 375 g/mol. The maximum absolute atomic E-state index is 12.2. The van der Waals surface area contributed by atoms with E-state index in [1.54, 1.807) is 11.0 Å². The van der Waals surface area contributed by atoms with Crippen molar-refractivity contribution in [2.75, 3.05) is 13.1 Å². The zero-order valence-electron chi connectivity index (χ0n) is 15.5. The minimum Gasteiger partial charge on any atom is -0.342 e. The summed E-state index contributed by atoms with van der Waals surface area (Å²) >= 11 is 0. The van der Waals surface area contributed by atoms with Gasteiger partial charge in [-0.3, -0.25) is 4.79 Å². The fraction of sp³-hybridized carbons (Fsp3) is 0.667. The van der Waals surface area contributed by atoms with Crippen LogP contribution in [-0.4, -0.2) is 42.1 Å². The van der Waals surface area contributed by atoms with Gasteiger partial charge >= 0.3 is 12.2 Å². The van der Waals surface area contributed by atoms with Crippen LogP contribution in [0.3, 0.4) is 0 Å². The third-order valence-electron chi connectivity index (χ3n) is 3.96. The molecule has 1 heterocycles. The first-order valence-electron chi connectivity index (χ1n) is 8.92. The van der Waals surface area contributed by atoms with Gasteiger partial charge in [0.2, 0.25) is 5.91 Å². The number of piperidine rings is 1. The predicted molar refractivity (Wildman–Crippen MR) is 94.3 cm³/mol. The van der Waals surface area contributed by atoms with Crippen molar-refractivity contribution in [2.24, 2.45) is 5.92 Å². The second-order valence-corrected chi connectivity index (χ2v) is 6.64. The number of nitrogens with one attached hydrogen (secondary N) is 2. The van der Waals surface area contributed by atoms with Gasteiger partial charge < -0.3 is 15.5 Å². The Morgan fingerprint density at radius 2 is 1.85 bits per heavy atom. The minimum absolute atomic E-state index is 0.0481. The largest absolute Gasteiger partial charge is 0.392 e. The van der Waals surface area contributed by atoms with Crippen LogP contribution in [0.5, 0.6) is 0 Å². The molecular weight excluding hydrogens is 347 g/mol. The van der Waals surface area contributed by atoms with E-state index in [-0.39, 0.29) is 17.9 Å². The van der Waals surface area contributed by atoms with Crippen molar-refractivity contribution < 1.29 is 22.8 Å². The second kappa shape index (κ2) is 10.2. The first-order chi connectivity index (χ1) is 12.1. The number of amides is 3. The van der Waals surface area contributed by atoms with Crippen LogP contribution in [0.4, 0.5) is 18.0 Å². The van der Waals surface area contributed by atoms with E-state index >= 15 is 0 Å². The molecule has 0 bridgehead atoms. The number of halogens is 3. The molecule has 3 amide bonds. The number of allylic oxidation sites excluding steroid dienone is 3. The molecule has 148 valence electrons. The average molecular weight is 375 g/mol. The molecule has 0 spiro atoms. The van der Waals surface area contributed by atoms with Gasteiger partial charge in [-0.15, -0.1) is 0 Å². The Bertz CT molecular complexity index is 534. The quantitative estimate of drug-likeness (QED) is 0.695. The summed E-state index contributed by atoms with van der Waals surface area (Å²) in [7, 11) is 0. The Kier molecular flexibility index (Phi) is 8.68. The average Bonchev–Trinajstić information content (AvgIpc) is 2.53. The number of alkyl halides is 3. The lowest BCUT2D eigenvalue weighted by Gasteiger charge is -2.33. The summed E-state index contributed by atoms with van der Waals surface area (Å²) in [5.74, 6) is 0.0592. The smallest absolute Gasteiger partial charge is 0.342 e. The minimum atomic E-state index is -4.27. The topological polar surface area (TPSA) is 61.4 Å². The molecule has 26 heavy (non-hydrogen) atoms. The van der Waals surface area contributed by atoms with Gasteiger partial charge in [-0.05, 0) is 25.3 Å². The van der Waals surface area contributed by atoms with Crippen LogP contribution in [0.15, 0.2) is 23.9 Å². The fourth-order valence-electron chi connectivity index (χ4n) is 2.66. The van der Waals surface area contributed by atoms with Crippen molar-refractivity contribution in [3.8, 4) is 0 Å². The highest BCUT2D eigenvalue weighted by molar-refractivity contribution is 5.78. The lowest BCUT2D eigenvalue weighted by atomic mass is 10.0. The van der Waals surface area contributed by atoms with Crippen LogP contribution in [0.1, 0.15) is 46.5 Å². The molecule has 0 unspecified atom stereocenters. The number of hydrogen-bond acceptors (Lipinski definition) is 2. The molecule has 0 atom stereocenters.